The Kier molecular flexibility index (Phi) is 13.4. The first kappa shape index (κ1) is 41.9. The normalized spacial score (nSPS) is 18.2. The Hall–Kier alpha value is -4.69. The van der Waals surface area contributed by atoms with Gasteiger partial charge in [0, 0.05) is 39.7 Å². The maximum atomic E-state index is 13.2. The van der Waals surface area contributed by atoms with Gasteiger partial charge in [0.2, 0.25) is 5.95 Å². The maximum Gasteiger partial charge on any atom is 0.280 e. The van der Waals surface area contributed by atoms with Crippen molar-refractivity contribution in [3.05, 3.63) is 112 Å². The van der Waals surface area contributed by atoms with E-state index in [0.29, 0.717) is 17.9 Å². The molecule has 4 atom stereocenters. The number of aromatic nitrogens is 4. The van der Waals surface area contributed by atoms with Gasteiger partial charge in [-0.25, -0.2) is 14.6 Å². The van der Waals surface area contributed by atoms with E-state index < -0.39 is 38.1 Å². The Bertz CT molecular complexity index is 2100. The molecule has 1 aliphatic rings. The average Bonchev–Trinajstić information content (AvgIpc) is 3.82. The average molecular weight is 800 g/mol. The number of fused-ring (bicyclic) bond motifs is 1. The second-order valence-corrected chi connectivity index (χ2v) is 16.1. The molecule has 1 aliphatic heterocycles. The highest BCUT2D eigenvalue weighted by atomic mass is 31.2. The summed E-state index contributed by atoms with van der Waals surface area (Å²) >= 11 is 0. The van der Waals surface area contributed by atoms with Crippen LogP contribution in [0.5, 0.6) is 11.5 Å². The minimum atomic E-state index is -1.51. The number of benzene rings is 3. The summed E-state index contributed by atoms with van der Waals surface area (Å²) in [4.78, 5) is 31.5. The van der Waals surface area contributed by atoms with Crippen LogP contribution < -0.4 is 15.0 Å². The highest BCUT2D eigenvalue weighted by molar-refractivity contribution is 7.44. The van der Waals surface area contributed by atoms with Gasteiger partial charge in [0.05, 0.1) is 33.3 Å². The van der Waals surface area contributed by atoms with Crippen LogP contribution in [0.15, 0.2) is 95.0 Å². The molecule has 5 aromatic rings. The number of hydrogen-bond donors (Lipinski definition) is 1. The third-order valence-electron chi connectivity index (χ3n) is 10.1. The van der Waals surface area contributed by atoms with E-state index >= 15 is 0 Å². The van der Waals surface area contributed by atoms with Crippen molar-refractivity contribution in [3.8, 4) is 11.5 Å². The van der Waals surface area contributed by atoms with Gasteiger partial charge >= 0.3 is 0 Å². The van der Waals surface area contributed by atoms with Crippen LogP contribution in [0.3, 0.4) is 0 Å². The molecule has 3 heterocycles. The Morgan fingerprint density at radius 1 is 0.930 bits per heavy atom. The first-order valence-electron chi connectivity index (χ1n) is 19.0. The summed E-state index contributed by atoms with van der Waals surface area (Å²) in [5, 5.41) is 0. The lowest BCUT2D eigenvalue weighted by Gasteiger charge is -2.38. The number of hydrogen-bond acceptors (Lipinski definition) is 11. The summed E-state index contributed by atoms with van der Waals surface area (Å²) in [5.74, 6) is 2.30. The van der Waals surface area contributed by atoms with Gasteiger partial charge in [-0.3, -0.25) is 14.3 Å². The zero-order chi connectivity index (χ0) is 40.9. The number of H-pyrrole nitrogens is 1. The minimum Gasteiger partial charge on any atom is -0.497 e. The fourth-order valence-electron chi connectivity index (χ4n) is 7.13. The monoisotopic (exact) mass is 799 g/mol. The molecule has 2 aromatic heterocycles. The fraction of sp³-hybridized carbons (Fsp3) is 0.429. The van der Waals surface area contributed by atoms with Gasteiger partial charge in [0.25, 0.3) is 14.1 Å². The Labute approximate surface area is 335 Å². The van der Waals surface area contributed by atoms with E-state index in [1.54, 1.807) is 32.2 Å². The zero-order valence-corrected chi connectivity index (χ0v) is 35.3. The quantitative estimate of drug-likeness (QED) is 0.0462. The van der Waals surface area contributed by atoms with E-state index in [4.69, 9.17) is 33.0 Å². The molecule has 304 valence electrons. The van der Waals surface area contributed by atoms with Crippen molar-refractivity contribution in [2.75, 3.05) is 42.0 Å². The van der Waals surface area contributed by atoms with Crippen LogP contribution in [-0.2, 0) is 24.1 Å². The summed E-state index contributed by atoms with van der Waals surface area (Å²) in [6.45, 7) is 10.5. The van der Waals surface area contributed by atoms with Crippen LogP contribution in [-0.4, -0.2) is 101 Å². The molecule has 0 radical (unpaired) electrons. The molecule has 1 unspecified atom stereocenters. The molecule has 0 saturated carbocycles. The molecule has 3 aromatic carbocycles. The van der Waals surface area contributed by atoms with Crippen molar-refractivity contribution in [2.24, 2.45) is 4.99 Å². The minimum absolute atomic E-state index is 0.114. The van der Waals surface area contributed by atoms with Crippen molar-refractivity contribution in [2.45, 2.75) is 77.2 Å². The molecular weight excluding hydrogens is 745 g/mol. The summed E-state index contributed by atoms with van der Waals surface area (Å²) in [6, 6.07) is 26.2. The highest BCUT2D eigenvalue weighted by Crippen LogP contribution is 2.50. The number of methoxy groups -OCH3 is 2. The SMILES string of the molecule is COc1ccc(C(OC[C@H]2O[C@@H](n3cnc4c(=O)[nH]c(N=C(C)N(C)C)nc43)C[C@@H]2OP(OC)N(C(C)C)C(C)C)(c2ccccc2)c2ccc(OC)cc2)cc1. The molecule has 57 heavy (non-hydrogen) atoms. The van der Waals surface area contributed by atoms with Gasteiger partial charge < -0.3 is 32.9 Å². The number of nitrogens with one attached hydrogen (secondary N) is 1. The molecular formula is C42H54N7O7P. The number of aromatic amines is 1. The van der Waals surface area contributed by atoms with Gasteiger partial charge in [0.1, 0.15) is 35.3 Å². The van der Waals surface area contributed by atoms with E-state index in [9.17, 15) is 4.79 Å². The molecule has 0 amide bonds. The van der Waals surface area contributed by atoms with Crippen molar-refractivity contribution < 1.29 is 28.0 Å². The summed E-state index contributed by atoms with van der Waals surface area (Å²) in [7, 11) is 7.21. The van der Waals surface area contributed by atoms with Crippen LogP contribution in [0, 0.1) is 0 Å². The van der Waals surface area contributed by atoms with Crippen LogP contribution in [0.2, 0.25) is 0 Å². The van der Waals surface area contributed by atoms with E-state index in [-0.39, 0.29) is 30.2 Å². The molecule has 0 bridgehead atoms. The topological polar surface area (TPSA) is 138 Å². The van der Waals surface area contributed by atoms with E-state index in [2.05, 4.69) is 59.5 Å². The number of imidazole rings is 1. The van der Waals surface area contributed by atoms with Crippen molar-refractivity contribution in [1.82, 2.24) is 29.1 Å². The van der Waals surface area contributed by atoms with Crippen molar-refractivity contribution >= 4 is 31.5 Å². The Balaban J connectivity index is 1.44. The zero-order valence-electron chi connectivity index (χ0n) is 34.4. The number of nitrogens with zero attached hydrogens (tertiary/aromatic N) is 6. The lowest BCUT2D eigenvalue weighted by Crippen LogP contribution is -2.39. The highest BCUT2D eigenvalue weighted by Gasteiger charge is 2.45. The maximum absolute atomic E-state index is 13.2. The second kappa shape index (κ2) is 18.3. The van der Waals surface area contributed by atoms with Crippen LogP contribution in [0.4, 0.5) is 5.95 Å². The lowest BCUT2D eigenvalue weighted by molar-refractivity contribution is -0.0910. The molecule has 14 nitrogen and oxygen atoms in total. The summed E-state index contributed by atoms with van der Waals surface area (Å²) in [6.07, 6.45) is 0.292. The van der Waals surface area contributed by atoms with Gasteiger partial charge in [-0.2, -0.15) is 4.98 Å². The second-order valence-electron chi connectivity index (χ2n) is 14.6. The van der Waals surface area contributed by atoms with E-state index in [1.807, 2.05) is 92.6 Å². The third kappa shape index (κ3) is 8.91. The van der Waals surface area contributed by atoms with Crippen molar-refractivity contribution in [1.29, 1.82) is 0 Å². The van der Waals surface area contributed by atoms with Gasteiger partial charge in [-0.05, 0) is 75.6 Å². The van der Waals surface area contributed by atoms with Crippen LogP contribution in [0.1, 0.15) is 64.0 Å². The predicted molar refractivity (Wildman–Crippen MR) is 222 cm³/mol. The standard InChI is InChI=1S/C42H54N7O7P/c1-27(2)49(28(3)4)57(53-10)56-35-24-37(48-26-43-38-39(48)45-41(46-40(38)50)44-29(5)47(6)7)55-36(35)25-54-42(30-14-12-11-13-15-30,31-16-20-33(51-8)21-17-31)32-18-22-34(52-9)23-19-32/h11-23,26-28,35-37H,24-25H2,1-10H3,(H,45,46,50)/t35-,36+,37+,57?/m0/s1. The molecule has 1 N–H and O–H groups in total. The number of amidine groups is 1. The molecule has 6 rings (SSSR count). The third-order valence-corrected chi connectivity index (χ3v) is 12.2. The Morgan fingerprint density at radius 2 is 1.51 bits per heavy atom. The largest absolute Gasteiger partial charge is 0.497 e. The molecule has 0 spiro atoms. The van der Waals surface area contributed by atoms with E-state index in [1.165, 1.54) is 0 Å². The fourth-order valence-corrected chi connectivity index (χ4v) is 8.72. The number of ether oxygens (including phenoxy) is 4. The summed E-state index contributed by atoms with van der Waals surface area (Å²) < 4.78 is 42.4. The van der Waals surface area contributed by atoms with Gasteiger partial charge in [0.15, 0.2) is 11.2 Å². The molecule has 15 heteroatoms. The molecule has 1 saturated heterocycles. The van der Waals surface area contributed by atoms with Crippen molar-refractivity contribution in [3.63, 3.8) is 0 Å². The predicted octanol–water partition coefficient (Wildman–Crippen LogP) is 7.42. The smallest absolute Gasteiger partial charge is 0.280 e. The Morgan fingerprint density at radius 3 is 2.04 bits per heavy atom. The lowest BCUT2D eigenvalue weighted by atomic mass is 9.80. The number of aliphatic imine (C=N–C) groups is 1. The van der Waals surface area contributed by atoms with Gasteiger partial charge in [-0.15, -0.1) is 0 Å². The van der Waals surface area contributed by atoms with Crippen LogP contribution in [0.25, 0.3) is 11.2 Å². The first-order chi connectivity index (χ1) is 27.4. The number of rotatable bonds is 16. The molecule has 0 aliphatic carbocycles. The van der Waals surface area contributed by atoms with Crippen LogP contribution >= 0.6 is 8.53 Å². The molecule has 1 fully saturated rings. The van der Waals surface area contributed by atoms with Gasteiger partial charge in [-0.1, -0.05) is 54.6 Å². The summed E-state index contributed by atoms with van der Waals surface area (Å²) in [5.41, 5.74) is 1.75. The van der Waals surface area contributed by atoms with E-state index in [0.717, 1.165) is 28.2 Å². The first-order valence-corrected chi connectivity index (χ1v) is 20.2.